The molecule has 0 bridgehead atoms. The number of para-hydroxylation sites is 1. The second kappa shape index (κ2) is 19.6. The van der Waals surface area contributed by atoms with Crippen molar-refractivity contribution in [2.45, 2.75) is 66.5 Å². The fraction of sp³-hybridized carbons (Fsp3) is 0.357. The largest absolute Gasteiger partial charge is 0.500 e. The van der Waals surface area contributed by atoms with E-state index in [1.165, 1.54) is 0 Å². The van der Waals surface area contributed by atoms with Crippen molar-refractivity contribution in [3.8, 4) is 12.1 Å². The molecule has 0 heterocycles. The van der Waals surface area contributed by atoms with Gasteiger partial charge in [0.15, 0.2) is 0 Å². The summed E-state index contributed by atoms with van der Waals surface area (Å²) in [6, 6.07) is 31.2. The van der Waals surface area contributed by atoms with Gasteiger partial charge in [-0.15, -0.1) is 0 Å². The van der Waals surface area contributed by atoms with Gasteiger partial charge < -0.3 is 28.2 Å². The molecule has 3 aromatic carbocycles. The lowest BCUT2D eigenvalue weighted by molar-refractivity contribution is 0.0706. The maximum Gasteiger partial charge on any atom is 0.500 e. The van der Waals surface area contributed by atoms with Gasteiger partial charge in [-0.05, 0) is 104 Å². The van der Waals surface area contributed by atoms with Gasteiger partial charge in [-0.3, -0.25) is 0 Å². The molecule has 0 saturated heterocycles. The topological polar surface area (TPSA) is 117 Å². The maximum absolute atomic E-state index is 12.5. The van der Waals surface area contributed by atoms with Gasteiger partial charge in [-0.2, -0.15) is 10.5 Å². The van der Waals surface area contributed by atoms with Crippen molar-refractivity contribution in [1.29, 1.82) is 10.5 Å². The highest BCUT2D eigenvalue weighted by Gasteiger charge is 2.39. The van der Waals surface area contributed by atoms with E-state index in [0.717, 1.165) is 45.8 Å². The Balaban J connectivity index is 1.40. The zero-order chi connectivity index (χ0) is 37.4. The zero-order valence-electron chi connectivity index (χ0n) is 31.0. The summed E-state index contributed by atoms with van der Waals surface area (Å²) in [4.78, 5) is 14.6. The Hall–Kier alpha value is -4.97. The lowest BCUT2D eigenvalue weighted by Crippen LogP contribution is -2.46. The molecule has 1 N–H and O–H groups in total. The van der Waals surface area contributed by atoms with Gasteiger partial charge >= 0.3 is 14.9 Å². The molecule has 0 aromatic heterocycles. The number of alkyl carbamates (subject to hydrolysis) is 1. The predicted octanol–water partition coefficient (Wildman–Crippen LogP) is 9.92. The lowest BCUT2D eigenvalue weighted by Gasteiger charge is -2.30. The second-order valence-electron chi connectivity index (χ2n) is 13.2. The third-order valence-corrected chi connectivity index (χ3v) is 11.6. The van der Waals surface area contributed by atoms with Crippen LogP contribution in [-0.2, 0) is 24.6 Å². The number of nitriles is 2. The van der Waals surface area contributed by atoms with Crippen molar-refractivity contribution in [2.75, 3.05) is 31.3 Å². The number of anilines is 3. The Morgan fingerprint density at radius 3 is 1.98 bits per heavy atom. The average Bonchev–Trinajstić information content (AvgIpc) is 3.13. The molecule has 0 aliphatic heterocycles. The molecular weight excluding hydrogens is 669 g/mol. The van der Waals surface area contributed by atoms with E-state index in [0.29, 0.717) is 45.3 Å². The molecule has 0 fully saturated rings. The van der Waals surface area contributed by atoms with Crippen LogP contribution < -0.4 is 10.2 Å². The van der Waals surface area contributed by atoms with Gasteiger partial charge in [0.1, 0.15) is 24.3 Å². The molecule has 0 radical (unpaired) electrons. The summed E-state index contributed by atoms with van der Waals surface area (Å²) in [6.45, 7) is 12.2. The van der Waals surface area contributed by atoms with Crippen LogP contribution in [0.15, 0.2) is 108 Å². The molecule has 272 valence electrons. The number of carbonyl (C=O) groups excluding carboxylic acids is 1. The molecule has 1 amide bonds. The van der Waals surface area contributed by atoms with Crippen LogP contribution in [0.25, 0.3) is 6.08 Å². The van der Waals surface area contributed by atoms with Gasteiger partial charge in [0.2, 0.25) is 0 Å². The Morgan fingerprint density at radius 2 is 1.40 bits per heavy atom. The van der Waals surface area contributed by atoms with Crippen molar-refractivity contribution >= 4 is 38.0 Å². The van der Waals surface area contributed by atoms with Crippen molar-refractivity contribution in [1.82, 2.24) is 5.32 Å². The van der Waals surface area contributed by atoms with Gasteiger partial charge in [-0.25, -0.2) is 4.79 Å². The number of hydrogen-bond donors (Lipinski definition) is 1. The minimum atomic E-state index is -2.75. The third kappa shape index (κ3) is 11.5. The highest BCUT2D eigenvalue weighted by atomic mass is 28.4. The van der Waals surface area contributed by atoms with Gasteiger partial charge in [0.05, 0.1) is 0 Å². The standard InChI is InChI=1S/C42H50N4O5Si/c1-6-49-52(50-7-2,51-8-3)26-12-25-45-41(47)48-32-34-19-23-40(24-20-34)46(38-13-10-9-11-14-38)39-21-17-33(18-22-39)15-16-35-27-36(37(30-43)31-44)29-42(4,5)28-35/h9-11,13-24,27H,6-8,12,25-26,28-29,32H2,1-5H3,(H,45,47)/b16-15+. The molecule has 0 saturated carbocycles. The maximum atomic E-state index is 12.5. The molecule has 1 aliphatic rings. The van der Waals surface area contributed by atoms with Gasteiger partial charge in [0.25, 0.3) is 0 Å². The lowest BCUT2D eigenvalue weighted by atomic mass is 9.74. The normalized spacial score (nSPS) is 13.9. The number of ether oxygens (including phenoxy) is 1. The quantitative estimate of drug-likeness (QED) is 0.0833. The Labute approximate surface area is 310 Å². The number of hydrogen-bond acceptors (Lipinski definition) is 8. The van der Waals surface area contributed by atoms with Gasteiger partial charge in [0, 0.05) is 49.5 Å². The first-order chi connectivity index (χ1) is 25.1. The minimum absolute atomic E-state index is 0.0373. The van der Waals surface area contributed by atoms with Crippen molar-refractivity contribution in [3.63, 3.8) is 0 Å². The summed E-state index contributed by atoms with van der Waals surface area (Å²) in [6.07, 6.45) is 7.89. The molecule has 3 aromatic rings. The molecule has 52 heavy (non-hydrogen) atoms. The van der Waals surface area contributed by atoms with Crippen LogP contribution in [0.1, 0.15) is 65.0 Å². The second-order valence-corrected chi connectivity index (χ2v) is 15.9. The molecule has 0 spiro atoms. The Bertz CT molecular complexity index is 1760. The molecular formula is C42H50N4O5Si. The average molecular weight is 719 g/mol. The molecule has 0 atom stereocenters. The first-order valence-corrected chi connectivity index (χ1v) is 19.9. The highest BCUT2D eigenvalue weighted by Crippen LogP contribution is 2.40. The van der Waals surface area contributed by atoms with Crippen LogP contribution in [0.4, 0.5) is 21.9 Å². The number of allylic oxidation sites excluding steroid dienone is 5. The van der Waals surface area contributed by atoms with E-state index in [9.17, 15) is 15.3 Å². The summed E-state index contributed by atoms with van der Waals surface area (Å²) in [5.41, 5.74) is 6.92. The van der Waals surface area contributed by atoms with Crippen LogP contribution in [-0.4, -0.2) is 41.3 Å². The molecule has 10 heteroatoms. The molecule has 4 rings (SSSR count). The Kier molecular flexibility index (Phi) is 15.0. The molecule has 0 unspecified atom stereocenters. The fourth-order valence-electron chi connectivity index (χ4n) is 6.29. The highest BCUT2D eigenvalue weighted by molar-refractivity contribution is 6.60. The monoisotopic (exact) mass is 718 g/mol. The SMILES string of the molecule is CCO[Si](CCCNC(=O)OCc1ccc(N(c2ccccc2)c2ccc(/C=C/C3=CC(=C(C#N)C#N)CC(C)(C)C3)cc2)cc1)(OCC)OCC. The summed E-state index contributed by atoms with van der Waals surface area (Å²) in [5.74, 6) is 0. The minimum Gasteiger partial charge on any atom is -0.445 e. The van der Waals surface area contributed by atoms with E-state index < -0.39 is 14.9 Å². The number of nitrogens with zero attached hydrogens (tertiary/aromatic N) is 3. The first-order valence-electron chi connectivity index (χ1n) is 17.9. The van der Waals surface area contributed by atoms with Crippen LogP contribution in [0.3, 0.4) is 0 Å². The number of nitrogens with one attached hydrogen (secondary N) is 1. The predicted molar refractivity (Wildman–Crippen MR) is 208 cm³/mol. The van der Waals surface area contributed by atoms with Crippen LogP contribution in [0.5, 0.6) is 0 Å². The summed E-state index contributed by atoms with van der Waals surface area (Å²) in [7, 11) is -2.75. The van der Waals surface area contributed by atoms with E-state index in [-0.39, 0.29) is 17.6 Å². The summed E-state index contributed by atoms with van der Waals surface area (Å²) >= 11 is 0. The van der Waals surface area contributed by atoms with E-state index in [4.69, 9.17) is 18.0 Å². The van der Waals surface area contributed by atoms with Crippen molar-refractivity contribution in [2.24, 2.45) is 5.41 Å². The molecule has 9 nitrogen and oxygen atoms in total. The van der Waals surface area contributed by atoms with E-state index in [2.05, 4.69) is 72.6 Å². The van der Waals surface area contributed by atoms with Crippen LogP contribution in [0, 0.1) is 28.1 Å². The number of rotatable bonds is 17. The number of carbonyl (C=O) groups is 1. The van der Waals surface area contributed by atoms with E-state index >= 15 is 0 Å². The molecule has 1 aliphatic carbocycles. The fourth-order valence-corrected chi connectivity index (χ4v) is 8.90. The van der Waals surface area contributed by atoms with Crippen LogP contribution in [0.2, 0.25) is 6.04 Å². The third-order valence-electron chi connectivity index (χ3n) is 8.50. The summed E-state index contributed by atoms with van der Waals surface area (Å²) < 4.78 is 23.2. The van der Waals surface area contributed by atoms with Crippen molar-refractivity contribution < 1.29 is 22.8 Å². The van der Waals surface area contributed by atoms with E-state index in [1.54, 1.807) is 0 Å². The number of benzene rings is 3. The first kappa shape index (κ1) is 39.8. The van der Waals surface area contributed by atoms with Crippen molar-refractivity contribution in [3.05, 3.63) is 119 Å². The van der Waals surface area contributed by atoms with Crippen LogP contribution >= 0.6 is 0 Å². The van der Waals surface area contributed by atoms with Gasteiger partial charge in [-0.1, -0.05) is 74.5 Å². The van der Waals surface area contributed by atoms with E-state index in [1.807, 2.05) is 81.5 Å². The Morgan fingerprint density at radius 1 is 0.827 bits per heavy atom. The zero-order valence-corrected chi connectivity index (χ0v) is 32.0. The summed E-state index contributed by atoms with van der Waals surface area (Å²) in [5, 5.41) is 21.7. The smallest absolute Gasteiger partial charge is 0.445 e. The number of amides is 1.